The summed E-state index contributed by atoms with van der Waals surface area (Å²) in [6, 6.07) is 9.23. The van der Waals surface area contributed by atoms with E-state index in [0.717, 1.165) is 18.4 Å². The molecule has 1 saturated heterocycles. The number of ether oxygens (including phenoxy) is 1. The molecule has 28 heavy (non-hydrogen) atoms. The molecule has 1 aromatic heterocycles. The molecular weight excluding hydrogens is 378 g/mol. The molecular formula is C21H22ClN3O3. The van der Waals surface area contributed by atoms with Crippen molar-refractivity contribution in [1.82, 2.24) is 15.2 Å². The van der Waals surface area contributed by atoms with Crippen molar-refractivity contribution >= 4 is 23.4 Å². The number of halogens is 1. The van der Waals surface area contributed by atoms with Gasteiger partial charge >= 0.3 is 0 Å². The molecule has 1 aliphatic carbocycles. The lowest BCUT2D eigenvalue weighted by Crippen LogP contribution is -2.48. The zero-order valence-corrected chi connectivity index (χ0v) is 16.4. The number of likely N-dealkylation sites (tertiary alicyclic amines) is 1. The summed E-state index contributed by atoms with van der Waals surface area (Å²) in [5.74, 6) is 0.904. The van der Waals surface area contributed by atoms with Crippen molar-refractivity contribution in [2.75, 3.05) is 13.7 Å². The molecule has 3 atom stereocenters. The minimum atomic E-state index is -0.101. The lowest BCUT2D eigenvalue weighted by atomic mass is 10.0. The number of pyridine rings is 1. The molecule has 0 radical (unpaired) electrons. The molecule has 1 aromatic carbocycles. The Labute approximate surface area is 168 Å². The Morgan fingerprint density at radius 2 is 2.18 bits per heavy atom. The smallest absolute Gasteiger partial charge is 0.253 e. The SMILES string of the molecule is COc1ccc(CC(=O)N2C[C@@H]3C[C@H]2C[C@@H]3NC(=O)c2cccnc2)cc1Cl. The Hall–Kier alpha value is -2.60. The number of methoxy groups -OCH3 is 1. The third kappa shape index (κ3) is 3.69. The average molecular weight is 400 g/mol. The van der Waals surface area contributed by atoms with Gasteiger partial charge in [-0.15, -0.1) is 0 Å². The fraction of sp³-hybridized carbons (Fsp3) is 0.381. The molecule has 0 spiro atoms. The second kappa shape index (κ2) is 7.80. The summed E-state index contributed by atoms with van der Waals surface area (Å²) in [5.41, 5.74) is 1.44. The third-order valence-electron chi connectivity index (χ3n) is 5.67. The van der Waals surface area contributed by atoms with Crippen molar-refractivity contribution in [2.24, 2.45) is 5.92 Å². The van der Waals surface area contributed by atoms with E-state index in [1.54, 1.807) is 43.8 Å². The van der Waals surface area contributed by atoms with E-state index in [2.05, 4.69) is 10.3 Å². The number of fused-ring (bicyclic) bond motifs is 2. The summed E-state index contributed by atoms with van der Waals surface area (Å²) < 4.78 is 5.15. The highest BCUT2D eigenvalue weighted by atomic mass is 35.5. The predicted molar refractivity (Wildman–Crippen MR) is 105 cm³/mol. The number of aromatic nitrogens is 1. The van der Waals surface area contributed by atoms with Gasteiger partial charge in [0.25, 0.3) is 5.91 Å². The minimum Gasteiger partial charge on any atom is -0.495 e. The summed E-state index contributed by atoms with van der Waals surface area (Å²) in [4.78, 5) is 31.1. The Balaban J connectivity index is 1.34. The van der Waals surface area contributed by atoms with Crippen molar-refractivity contribution in [3.63, 3.8) is 0 Å². The quantitative estimate of drug-likeness (QED) is 0.839. The lowest BCUT2D eigenvalue weighted by molar-refractivity contribution is -0.132. The highest BCUT2D eigenvalue weighted by Crippen LogP contribution is 2.38. The van der Waals surface area contributed by atoms with E-state index in [1.165, 1.54) is 0 Å². The van der Waals surface area contributed by atoms with Crippen LogP contribution in [0.2, 0.25) is 5.02 Å². The van der Waals surface area contributed by atoms with Crippen molar-refractivity contribution in [3.8, 4) is 5.75 Å². The van der Waals surface area contributed by atoms with Gasteiger partial charge in [-0.2, -0.15) is 0 Å². The molecule has 2 heterocycles. The molecule has 7 heteroatoms. The highest BCUT2D eigenvalue weighted by Gasteiger charge is 2.46. The zero-order chi connectivity index (χ0) is 19.7. The first-order valence-corrected chi connectivity index (χ1v) is 9.75. The molecule has 2 aromatic rings. The van der Waals surface area contributed by atoms with Gasteiger partial charge in [0.1, 0.15) is 5.75 Å². The molecule has 2 bridgehead atoms. The van der Waals surface area contributed by atoms with Gasteiger partial charge in [0.15, 0.2) is 0 Å². The topological polar surface area (TPSA) is 71.5 Å². The largest absolute Gasteiger partial charge is 0.495 e. The Morgan fingerprint density at radius 3 is 2.82 bits per heavy atom. The van der Waals surface area contributed by atoms with Crippen LogP contribution in [0, 0.1) is 5.92 Å². The monoisotopic (exact) mass is 399 g/mol. The molecule has 2 aliphatic rings. The molecule has 1 N–H and O–H groups in total. The van der Waals surface area contributed by atoms with E-state index in [1.807, 2.05) is 11.0 Å². The summed E-state index contributed by atoms with van der Waals surface area (Å²) >= 11 is 6.16. The second-order valence-electron chi connectivity index (χ2n) is 7.40. The zero-order valence-electron chi connectivity index (χ0n) is 15.6. The summed E-state index contributed by atoms with van der Waals surface area (Å²) in [7, 11) is 1.57. The summed E-state index contributed by atoms with van der Waals surface area (Å²) in [6.45, 7) is 0.686. The number of nitrogens with zero attached hydrogens (tertiary/aromatic N) is 2. The fourth-order valence-corrected chi connectivity index (χ4v) is 4.56. The van der Waals surface area contributed by atoms with Crippen molar-refractivity contribution in [2.45, 2.75) is 31.3 Å². The molecule has 0 unspecified atom stereocenters. The molecule has 146 valence electrons. The Bertz CT molecular complexity index is 890. The van der Waals surface area contributed by atoms with E-state index in [-0.39, 0.29) is 23.9 Å². The number of carbonyl (C=O) groups excluding carboxylic acids is 2. The van der Waals surface area contributed by atoms with Crippen LogP contribution in [0.15, 0.2) is 42.7 Å². The fourth-order valence-electron chi connectivity index (χ4n) is 4.28. The summed E-state index contributed by atoms with van der Waals surface area (Å²) in [5, 5.41) is 3.62. The minimum absolute atomic E-state index is 0.101. The van der Waals surface area contributed by atoms with E-state index in [4.69, 9.17) is 16.3 Å². The van der Waals surface area contributed by atoms with Gasteiger partial charge in [0, 0.05) is 31.0 Å². The Kier molecular flexibility index (Phi) is 5.22. The first-order valence-electron chi connectivity index (χ1n) is 9.38. The van der Waals surface area contributed by atoms with E-state index >= 15 is 0 Å². The number of hydrogen-bond donors (Lipinski definition) is 1. The van der Waals surface area contributed by atoms with Gasteiger partial charge in [-0.05, 0) is 48.6 Å². The maximum Gasteiger partial charge on any atom is 0.253 e. The number of rotatable bonds is 5. The maximum atomic E-state index is 12.8. The van der Waals surface area contributed by atoms with Crippen molar-refractivity contribution in [3.05, 3.63) is 58.9 Å². The molecule has 1 saturated carbocycles. The number of benzene rings is 1. The Morgan fingerprint density at radius 1 is 1.32 bits per heavy atom. The number of nitrogens with one attached hydrogen (secondary N) is 1. The van der Waals surface area contributed by atoms with E-state index < -0.39 is 0 Å². The normalized spacial score (nSPS) is 22.9. The molecule has 4 rings (SSSR count). The second-order valence-corrected chi connectivity index (χ2v) is 7.81. The van der Waals surface area contributed by atoms with E-state index in [0.29, 0.717) is 35.2 Å². The van der Waals surface area contributed by atoms with Crippen LogP contribution in [-0.2, 0) is 11.2 Å². The van der Waals surface area contributed by atoms with Crippen LogP contribution in [-0.4, -0.2) is 47.4 Å². The van der Waals surface area contributed by atoms with Crippen LogP contribution in [0.25, 0.3) is 0 Å². The number of hydrogen-bond acceptors (Lipinski definition) is 4. The maximum absolute atomic E-state index is 12.8. The van der Waals surface area contributed by atoms with Gasteiger partial charge in [0.2, 0.25) is 5.91 Å². The van der Waals surface area contributed by atoms with E-state index in [9.17, 15) is 9.59 Å². The van der Waals surface area contributed by atoms with Crippen molar-refractivity contribution in [1.29, 1.82) is 0 Å². The molecule has 1 aliphatic heterocycles. The molecule has 2 amide bonds. The van der Waals surface area contributed by atoms with Crippen LogP contribution in [0.4, 0.5) is 0 Å². The number of amides is 2. The predicted octanol–water partition coefficient (Wildman–Crippen LogP) is 2.71. The van der Waals surface area contributed by atoms with Crippen LogP contribution in [0.3, 0.4) is 0 Å². The van der Waals surface area contributed by atoms with Gasteiger partial charge in [-0.3, -0.25) is 14.6 Å². The van der Waals surface area contributed by atoms with Crippen LogP contribution in [0.1, 0.15) is 28.8 Å². The lowest BCUT2D eigenvalue weighted by Gasteiger charge is -2.32. The van der Waals surface area contributed by atoms with Crippen LogP contribution in [0.5, 0.6) is 5.75 Å². The molecule has 6 nitrogen and oxygen atoms in total. The van der Waals surface area contributed by atoms with Gasteiger partial charge < -0.3 is 15.0 Å². The third-order valence-corrected chi connectivity index (χ3v) is 5.97. The van der Waals surface area contributed by atoms with Gasteiger partial charge in [0.05, 0.1) is 24.1 Å². The van der Waals surface area contributed by atoms with Gasteiger partial charge in [-0.25, -0.2) is 0 Å². The van der Waals surface area contributed by atoms with Crippen LogP contribution >= 0.6 is 11.6 Å². The first kappa shape index (κ1) is 18.7. The van der Waals surface area contributed by atoms with Gasteiger partial charge in [-0.1, -0.05) is 17.7 Å². The number of carbonyl (C=O) groups is 2. The molecule has 2 fully saturated rings. The van der Waals surface area contributed by atoms with Crippen molar-refractivity contribution < 1.29 is 14.3 Å². The first-order chi connectivity index (χ1) is 13.5. The standard InChI is InChI=1S/C21H22ClN3O3/c1-28-19-5-4-13(7-17(19)22)8-20(26)25-12-15-9-16(25)10-18(15)24-21(27)14-3-2-6-23-11-14/h2-7,11,15-16,18H,8-10,12H2,1H3,(H,24,27)/t15-,16-,18-/m0/s1. The number of piperidine rings is 1. The average Bonchev–Trinajstić information content (AvgIpc) is 3.29. The summed E-state index contributed by atoms with van der Waals surface area (Å²) in [6.07, 6.45) is 5.27. The van der Waals surface area contributed by atoms with Crippen LogP contribution < -0.4 is 10.1 Å². The highest BCUT2D eigenvalue weighted by molar-refractivity contribution is 6.32.